The van der Waals surface area contributed by atoms with Crippen molar-refractivity contribution in [1.82, 2.24) is 5.32 Å². The van der Waals surface area contributed by atoms with Crippen LogP contribution in [0.2, 0.25) is 0 Å². The van der Waals surface area contributed by atoms with Crippen LogP contribution in [0.3, 0.4) is 0 Å². The second kappa shape index (κ2) is 57.6. The number of unbranched alkanes of at least 4 members (excludes halogenated alkanes) is 44. The Kier molecular flexibility index (Phi) is 54.8. The molecule has 80 heavy (non-hydrogen) atoms. The van der Waals surface area contributed by atoms with Crippen molar-refractivity contribution in [3.8, 4) is 0 Å². The van der Waals surface area contributed by atoms with Gasteiger partial charge in [0.05, 0.1) is 25.4 Å². The smallest absolute Gasteiger partial charge is 0.306 e. The molecule has 0 radical (unpaired) electrons. The van der Waals surface area contributed by atoms with Gasteiger partial charge in [-0.2, -0.15) is 0 Å². The number of allylic oxidation sites excluding steroid dienone is 3. The van der Waals surface area contributed by atoms with Crippen LogP contribution in [0.5, 0.6) is 0 Å². The van der Waals surface area contributed by atoms with Crippen LogP contribution in [0, 0.1) is 0 Å². The summed E-state index contributed by atoms with van der Waals surface area (Å²) in [5.74, 6) is -1.18. The summed E-state index contributed by atoms with van der Waals surface area (Å²) in [6, 6.07) is -1.02. The van der Waals surface area contributed by atoms with Gasteiger partial charge in [0.2, 0.25) is 5.91 Å². The topological polar surface area (TPSA) is 175 Å². The van der Waals surface area contributed by atoms with Gasteiger partial charge in [-0.15, -0.1) is 0 Å². The van der Waals surface area contributed by atoms with Gasteiger partial charge in [0, 0.05) is 6.42 Å². The third kappa shape index (κ3) is 44.6. The van der Waals surface area contributed by atoms with Crippen molar-refractivity contribution in [2.45, 2.75) is 391 Å². The number of aliphatic hydroxyl groups excluding tert-OH is 5. The van der Waals surface area contributed by atoms with Crippen molar-refractivity contribution in [2.75, 3.05) is 13.2 Å². The first-order valence-electron chi connectivity index (χ1n) is 34.6. The molecule has 0 saturated carbocycles. The van der Waals surface area contributed by atoms with Gasteiger partial charge < -0.3 is 45.1 Å². The largest absolute Gasteiger partial charge is 0.454 e. The minimum absolute atomic E-state index is 0.128. The number of nitrogens with one attached hydrogen (secondary N) is 1. The lowest BCUT2D eigenvalue weighted by Crippen LogP contribution is -2.61. The van der Waals surface area contributed by atoms with Gasteiger partial charge in [0.1, 0.15) is 24.4 Å². The summed E-state index contributed by atoms with van der Waals surface area (Å²) < 4.78 is 17.7. The Morgan fingerprint density at radius 2 is 0.825 bits per heavy atom. The number of carbonyl (C=O) groups is 2. The van der Waals surface area contributed by atoms with Crippen molar-refractivity contribution in [1.29, 1.82) is 0 Å². The van der Waals surface area contributed by atoms with E-state index in [4.69, 9.17) is 14.2 Å². The number of ether oxygens (including phenoxy) is 3. The molecule has 1 fully saturated rings. The number of hydrogen-bond donors (Lipinski definition) is 6. The van der Waals surface area contributed by atoms with Gasteiger partial charge >= 0.3 is 5.97 Å². The zero-order valence-electron chi connectivity index (χ0n) is 52.5. The molecule has 6 N–H and O–H groups in total. The van der Waals surface area contributed by atoms with Gasteiger partial charge in [-0.3, -0.25) is 9.59 Å². The van der Waals surface area contributed by atoms with Crippen LogP contribution in [0.4, 0.5) is 0 Å². The van der Waals surface area contributed by atoms with E-state index < -0.39 is 67.4 Å². The first kappa shape index (κ1) is 76.2. The van der Waals surface area contributed by atoms with E-state index in [1.165, 1.54) is 238 Å². The highest BCUT2D eigenvalue weighted by atomic mass is 16.7. The Labute approximate surface area is 492 Å². The molecular weight excluding hydrogens is 1000 g/mol. The lowest BCUT2D eigenvalue weighted by Gasteiger charge is -2.41. The van der Waals surface area contributed by atoms with E-state index in [2.05, 4.69) is 38.2 Å². The quantitative estimate of drug-likeness (QED) is 0.0195. The lowest BCUT2D eigenvalue weighted by molar-refractivity contribution is -0.305. The SMILES string of the molecule is CCCCCCCC/C=C/CCCCCCCCCCCCCCCC(=O)OC1C(OCC(NC(=O)C(O)CCCCCCCCCCCCCCCCCC)C(O)/C=C/CCCCCCCCCCCC)OC(CO)C(O)C1O. The highest BCUT2D eigenvalue weighted by Crippen LogP contribution is 2.26. The molecule has 1 aliphatic heterocycles. The molecule has 0 aromatic rings. The average molecular weight is 1130 g/mol. The molecule has 8 atom stereocenters. The summed E-state index contributed by atoms with van der Waals surface area (Å²) >= 11 is 0. The molecule has 472 valence electrons. The zero-order valence-corrected chi connectivity index (χ0v) is 52.5. The fraction of sp³-hybridized carbons (Fsp3) is 0.913. The van der Waals surface area contributed by atoms with E-state index in [1.54, 1.807) is 6.08 Å². The predicted octanol–water partition coefficient (Wildman–Crippen LogP) is 17.2. The number of esters is 1. The molecule has 0 aromatic heterocycles. The van der Waals surface area contributed by atoms with E-state index >= 15 is 0 Å². The second-order valence-corrected chi connectivity index (χ2v) is 24.3. The Morgan fingerprint density at radius 1 is 0.475 bits per heavy atom. The molecule has 0 aliphatic carbocycles. The van der Waals surface area contributed by atoms with Crippen LogP contribution < -0.4 is 5.32 Å². The Hall–Kier alpha value is -1.86. The fourth-order valence-electron chi connectivity index (χ4n) is 11.1. The van der Waals surface area contributed by atoms with Crippen molar-refractivity contribution in [3.05, 3.63) is 24.3 Å². The van der Waals surface area contributed by atoms with Gasteiger partial charge in [-0.1, -0.05) is 308 Å². The van der Waals surface area contributed by atoms with Crippen LogP contribution in [0.1, 0.15) is 342 Å². The van der Waals surface area contributed by atoms with Gasteiger partial charge in [0.25, 0.3) is 0 Å². The standard InChI is InChI=1S/C69H131NO10/c1-4-7-10-13-16-19-22-25-27-29-30-31-32-33-34-35-37-39-42-45-48-51-54-57-64(74)80-67-66(76)65(75)63(58-71)79-69(67)78-59-60(61(72)55-52-49-46-43-40-24-21-18-15-12-9-6-3)70-68(77)62(73)56-53-50-47-44-41-38-36-28-26-23-20-17-14-11-8-5-2/h25,27,52,55,60-63,65-67,69,71-73,75-76H,4-24,26,28-51,53-54,56-59H2,1-3H3,(H,70,77)/b27-25+,55-52+. The Balaban J connectivity index is 2.57. The van der Waals surface area contributed by atoms with E-state index in [9.17, 15) is 35.1 Å². The molecule has 1 amide bonds. The van der Waals surface area contributed by atoms with Crippen molar-refractivity contribution in [2.24, 2.45) is 0 Å². The fourth-order valence-corrected chi connectivity index (χ4v) is 11.1. The van der Waals surface area contributed by atoms with Gasteiger partial charge in [-0.05, 0) is 51.4 Å². The van der Waals surface area contributed by atoms with Crippen molar-refractivity contribution < 1.29 is 49.3 Å². The van der Waals surface area contributed by atoms with Crippen LogP contribution >= 0.6 is 0 Å². The maximum absolute atomic E-state index is 13.4. The zero-order chi connectivity index (χ0) is 58.2. The maximum Gasteiger partial charge on any atom is 0.306 e. The molecule has 1 heterocycles. The second-order valence-electron chi connectivity index (χ2n) is 24.3. The van der Waals surface area contributed by atoms with Crippen LogP contribution in [0.25, 0.3) is 0 Å². The normalized spacial score (nSPS) is 18.8. The minimum atomic E-state index is -1.61. The number of hydrogen-bond acceptors (Lipinski definition) is 10. The monoisotopic (exact) mass is 1130 g/mol. The minimum Gasteiger partial charge on any atom is -0.454 e. The van der Waals surface area contributed by atoms with E-state index in [0.717, 1.165) is 57.8 Å². The van der Waals surface area contributed by atoms with Crippen LogP contribution in [-0.2, 0) is 23.8 Å². The van der Waals surface area contributed by atoms with Gasteiger partial charge in [0.15, 0.2) is 12.4 Å². The third-order valence-electron chi connectivity index (χ3n) is 16.6. The predicted molar refractivity (Wildman–Crippen MR) is 334 cm³/mol. The summed E-state index contributed by atoms with van der Waals surface area (Å²) in [4.78, 5) is 26.6. The summed E-state index contributed by atoms with van der Waals surface area (Å²) in [5, 5.41) is 57.1. The number of rotatable bonds is 60. The van der Waals surface area contributed by atoms with E-state index in [1.807, 2.05) is 6.08 Å². The van der Waals surface area contributed by atoms with E-state index in [0.29, 0.717) is 19.3 Å². The van der Waals surface area contributed by atoms with E-state index in [-0.39, 0.29) is 13.0 Å². The molecule has 1 saturated heterocycles. The Bertz CT molecular complexity index is 1400. The first-order chi connectivity index (χ1) is 39.2. The first-order valence-corrected chi connectivity index (χ1v) is 34.6. The van der Waals surface area contributed by atoms with Gasteiger partial charge in [-0.25, -0.2) is 0 Å². The molecule has 11 heteroatoms. The van der Waals surface area contributed by atoms with Crippen molar-refractivity contribution >= 4 is 11.9 Å². The summed E-state index contributed by atoms with van der Waals surface area (Å²) in [7, 11) is 0. The molecular formula is C69H131NO10. The molecule has 11 nitrogen and oxygen atoms in total. The van der Waals surface area contributed by atoms with Crippen LogP contribution in [0.15, 0.2) is 24.3 Å². The number of amides is 1. The molecule has 0 spiro atoms. The highest BCUT2D eigenvalue weighted by molar-refractivity contribution is 5.80. The molecule has 0 bridgehead atoms. The van der Waals surface area contributed by atoms with Crippen LogP contribution in [-0.4, -0.2) is 99.6 Å². The third-order valence-corrected chi connectivity index (χ3v) is 16.6. The molecule has 8 unspecified atom stereocenters. The maximum atomic E-state index is 13.4. The molecule has 1 aliphatic rings. The highest BCUT2D eigenvalue weighted by Gasteiger charge is 2.47. The lowest BCUT2D eigenvalue weighted by atomic mass is 9.99. The summed E-state index contributed by atoms with van der Waals surface area (Å²) in [6.07, 6.45) is 57.9. The summed E-state index contributed by atoms with van der Waals surface area (Å²) in [6.45, 7) is 5.84. The Morgan fingerprint density at radius 3 is 1.21 bits per heavy atom. The molecule has 0 aromatic carbocycles. The number of carbonyl (C=O) groups excluding carboxylic acids is 2. The van der Waals surface area contributed by atoms with Crippen molar-refractivity contribution in [3.63, 3.8) is 0 Å². The number of aliphatic hydroxyl groups is 5. The molecule has 1 rings (SSSR count). The summed E-state index contributed by atoms with van der Waals surface area (Å²) in [5.41, 5.74) is 0. The average Bonchev–Trinajstić information content (AvgIpc) is 3.48.